The van der Waals surface area contributed by atoms with Crippen LogP contribution in [0.3, 0.4) is 0 Å². The van der Waals surface area contributed by atoms with Gasteiger partial charge < -0.3 is 9.84 Å². The number of nitriles is 1. The Kier molecular flexibility index (Phi) is 4.97. The van der Waals surface area contributed by atoms with Crippen LogP contribution in [0.25, 0.3) is 0 Å². The number of hydrogen-bond donors (Lipinski definition) is 1. The smallest absolute Gasteiger partial charge is 0.145 e. The van der Waals surface area contributed by atoms with Crippen LogP contribution < -0.4 is 4.74 Å². The van der Waals surface area contributed by atoms with Crippen molar-refractivity contribution in [2.24, 2.45) is 0 Å². The van der Waals surface area contributed by atoms with Gasteiger partial charge in [0.25, 0.3) is 0 Å². The zero-order valence-electron chi connectivity index (χ0n) is 12.3. The second-order valence-electron chi connectivity index (χ2n) is 5.08. The van der Waals surface area contributed by atoms with Crippen LogP contribution in [0, 0.1) is 11.3 Å². The van der Waals surface area contributed by atoms with E-state index >= 15 is 0 Å². The van der Waals surface area contributed by atoms with Gasteiger partial charge in [-0.3, -0.25) is 0 Å². The third kappa shape index (κ3) is 3.62. The van der Waals surface area contributed by atoms with E-state index in [0.29, 0.717) is 28.5 Å². The maximum atomic E-state index is 9.15. The topological polar surface area (TPSA) is 53.2 Å². The molecule has 1 unspecified atom stereocenters. The molecule has 2 rings (SSSR count). The Labute approximate surface area is 125 Å². The second kappa shape index (κ2) is 6.92. The van der Waals surface area contributed by atoms with Crippen LogP contribution in [0.5, 0.6) is 11.5 Å². The highest BCUT2D eigenvalue weighted by molar-refractivity contribution is 5.47. The van der Waals surface area contributed by atoms with E-state index in [1.54, 1.807) is 18.2 Å². The molecule has 2 aromatic rings. The number of hydrogen-bond acceptors (Lipinski definition) is 3. The molecule has 21 heavy (non-hydrogen) atoms. The van der Waals surface area contributed by atoms with Crippen molar-refractivity contribution in [2.75, 3.05) is 0 Å². The first kappa shape index (κ1) is 15.1. The number of aliphatic hydroxyl groups is 1. The normalized spacial score (nSPS) is 11.7. The van der Waals surface area contributed by atoms with Crippen molar-refractivity contribution in [1.82, 2.24) is 0 Å². The summed E-state index contributed by atoms with van der Waals surface area (Å²) in [5.41, 5.74) is 2.40. The Balaban J connectivity index is 2.20. The average Bonchev–Trinajstić information content (AvgIpc) is 2.55. The lowest BCUT2D eigenvalue weighted by Crippen LogP contribution is -1.93. The Morgan fingerprint density at radius 3 is 2.48 bits per heavy atom. The van der Waals surface area contributed by atoms with E-state index in [1.165, 1.54) is 5.56 Å². The Bertz CT molecular complexity index is 641. The molecule has 1 N–H and O–H groups in total. The summed E-state index contributed by atoms with van der Waals surface area (Å²) >= 11 is 0. The van der Waals surface area contributed by atoms with Gasteiger partial charge in [-0.15, -0.1) is 0 Å². The summed E-state index contributed by atoms with van der Waals surface area (Å²) in [6.07, 6.45) is 1.10. The van der Waals surface area contributed by atoms with Gasteiger partial charge in [0, 0.05) is 0 Å². The van der Waals surface area contributed by atoms with Crippen LogP contribution in [0.1, 0.15) is 42.9 Å². The standard InChI is InChI=1S/C18H19NO2/c1-3-13(2)15-5-7-17(8-6-15)21-18-9-4-14(12-20)10-16(18)11-19/h4-10,13,20H,3,12H2,1-2H3. The molecule has 0 radical (unpaired) electrons. The van der Waals surface area contributed by atoms with Gasteiger partial charge in [-0.05, 0) is 47.7 Å². The first-order valence-corrected chi connectivity index (χ1v) is 7.09. The van der Waals surface area contributed by atoms with Crippen molar-refractivity contribution >= 4 is 0 Å². The second-order valence-corrected chi connectivity index (χ2v) is 5.08. The van der Waals surface area contributed by atoms with E-state index in [0.717, 1.165) is 6.42 Å². The minimum absolute atomic E-state index is 0.0848. The van der Waals surface area contributed by atoms with E-state index in [2.05, 4.69) is 32.0 Å². The van der Waals surface area contributed by atoms with Crippen molar-refractivity contribution in [2.45, 2.75) is 32.8 Å². The highest BCUT2D eigenvalue weighted by atomic mass is 16.5. The summed E-state index contributed by atoms with van der Waals surface area (Å²) in [5.74, 6) is 1.74. The highest BCUT2D eigenvalue weighted by Crippen LogP contribution is 2.28. The summed E-state index contributed by atoms with van der Waals surface area (Å²) in [6, 6.07) is 15.1. The lowest BCUT2D eigenvalue weighted by atomic mass is 9.99. The molecule has 0 fully saturated rings. The van der Waals surface area contributed by atoms with E-state index in [-0.39, 0.29) is 6.61 Å². The Morgan fingerprint density at radius 2 is 1.90 bits per heavy atom. The number of aliphatic hydroxyl groups excluding tert-OH is 1. The fourth-order valence-corrected chi connectivity index (χ4v) is 2.08. The summed E-state index contributed by atoms with van der Waals surface area (Å²) in [6.45, 7) is 4.27. The molecular weight excluding hydrogens is 262 g/mol. The van der Waals surface area contributed by atoms with Crippen LogP contribution >= 0.6 is 0 Å². The molecule has 108 valence electrons. The summed E-state index contributed by atoms with van der Waals surface area (Å²) in [5, 5.41) is 18.2. The average molecular weight is 281 g/mol. The number of nitrogens with zero attached hydrogens (tertiary/aromatic N) is 1. The monoisotopic (exact) mass is 281 g/mol. The van der Waals surface area contributed by atoms with Gasteiger partial charge >= 0.3 is 0 Å². The van der Waals surface area contributed by atoms with Gasteiger partial charge in [0.15, 0.2) is 0 Å². The van der Waals surface area contributed by atoms with E-state index in [9.17, 15) is 0 Å². The molecule has 3 nitrogen and oxygen atoms in total. The fraction of sp³-hybridized carbons (Fsp3) is 0.278. The van der Waals surface area contributed by atoms with Gasteiger partial charge in [0.2, 0.25) is 0 Å². The molecule has 0 saturated carbocycles. The van der Waals surface area contributed by atoms with Crippen LogP contribution in [-0.2, 0) is 6.61 Å². The van der Waals surface area contributed by atoms with Crippen LogP contribution in [0.2, 0.25) is 0 Å². The van der Waals surface area contributed by atoms with E-state index in [4.69, 9.17) is 15.1 Å². The first-order chi connectivity index (χ1) is 10.2. The molecule has 0 aliphatic heterocycles. The van der Waals surface area contributed by atoms with Gasteiger partial charge in [-0.1, -0.05) is 32.0 Å². The van der Waals surface area contributed by atoms with Crippen molar-refractivity contribution < 1.29 is 9.84 Å². The van der Waals surface area contributed by atoms with Crippen LogP contribution in [0.15, 0.2) is 42.5 Å². The molecule has 3 heteroatoms. The molecule has 0 bridgehead atoms. The third-order valence-corrected chi connectivity index (χ3v) is 3.64. The highest BCUT2D eigenvalue weighted by Gasteiger charge is 2.07. The predicted molar refractivity (Wildman–Crippen MR) is 82.3 cm³/mol. The van der Waals surface area contributed by atoms with Crippen molar-refractivity contribution in [3.63, 3.8) is 0 Å². The summed E-state index contributed by atoms with van der Waals surface area (Å²) in [4.78, 5) is 0. The third-order valence-electron chi connectivity index (χ3n) is 3.64. The molecule has 0 spiro atoms. The molecule has 0 heterocycles. The lowest BCUT2D eigenvalue weighted by Gasteiger charge is -2.11. The van der Waals surface area contributed by atoms with Crippen molar-refractivity contribution in [3.05, 3.63) is 59.2 Å². The first-order valence-electron chi connectivity index (χ1n) is 7.09. The number of ether oxygens (including phenoxy) is 1. The van der Waals surface area contributed by atoms with Crippen molar-refractivity contribution in [1.29, 1.82) is 5.26 Å². The fourth-order valence-electron chi connectivity index (χ4n) is 2.08. The Morgan fingerprint density at radius 1 is 1.19 bits per heavy atom. The van der Waals surface area contributed by atoms with Crippen LogP contribution in [0.4, 0.5) is 0 Å². The molecule has 0 aliphatic carbocycles. The molecule has 0 amide bonds. The minimum atomic E-state index is -0.0848. The van der Waals surface area contributed by atoms with E-state index < -0.39 is 0 Å². The predicted octanol–water partition coefficient (Wildman–Crippen LogP) is 4.36. The zero-order chi connectivity index (χ0) is 15.2. The van der Waals surface area contributed by atoms with Gasteiger partial charge in [0.1, 0.15) is 17.6 Å². The maximum Gasteiger partial charge on any atom is 0.145 e. The minimum Gasteiger partial charge on any atom is -0.456 e. The van der Waals surface area contributed by atoms with Gasteiger partial charge in [-0.2, -0.15) is 5.26 Å². The lowest BCUT2D eigenvalue weighted by molar-refractivity contribution is 0.281. The van der Waals surface area contributed by atoms with Crippen LogP contribution in [-0.4, -0.2) is 5.11 Å². The molecule has 0 aliphatic rings. The summed E-state index contributed by atoms with van der Waals surface area (Å²) < 4.78 is 5.76. The zero-order valence-corrected chi connectivity index (χ0v) is 12.3. The Hall–Kier alpha value is -2.31. The largest absolute Gasteiger partial charge is 0.456 e. The van der Waals surface area contributed by atoms with Crippen molar-refractivity contribution in [3.8, 4) is 17.6 Å². The number of rotatable bonds is 5. The molecule has 0 aromatic heterocycles. The number of benzene rings is 2. The molecule has 1 atom stereocenters. The van der Waals surface area contributed by atoms with Gasteiger partial charge in [0.05, 0.1) is 12.2 Å². The molecular formula is C18H19NO2. The quantitative estimate of drug-likeness (QED) is 0.886. The maximum absolute atomic E-state index is 9.15. The van der Waals surface area contributed by atoms with E-state index in [1.807, 2.05) is 12.1 Å². The van der Waals surface area contributed by atoms with Gasteiger partial charge in [-0.25, -0.2) is 0 Å². The molecule has 0 saturated heterocycles. The summed E-state index contributed by atoms with van der Waals surface area (Å²) in [7, 11) is 0. The molecule has 2 aromatic carbocycles. The SMILES string of the molecule is CCC(C)c1ccc(Oc2ccc(CO)cc2C#N)cc1.